The number of aromatic nitrogens is 2. The van der Waals surface area contributed by atoms with Crippen LogP contribution in [0.4, 0.5) is 0 Å². The maximum atomic E-state index is 8.74. The number of nitrogens with zero attached hydrogens (tertiary/aromatic N) is 2. The van der Waals surface area contributed by atoms with Gasteiger partial charge in [0.25, 0.3) is 0 Å². The summed E-state index contributed by atoms with van der Waals surface area (Å²) in [5, 5.41) is 12.7. The van der Waals surface area contributed by atoms with Crippen LogP contribution in [0.5, 0.6) is 5.88 Å². The zero-order valence-corrected chi connectivity index (χ0v) is 6.74. The molecule has 0 bridgehead atoms. The van der Waals surface area contributed by atoms with E-state index >= 15 is 0 Å². The molecular formula is C7H12N2O2. The Balaban J connectivity index is 2.77. The first-order valence-electron chi connectivity index (χ1n) is 3.56. The highest BCUT2D eigenvalue weighted by atomic mass is 16.5. The molecule has 0 unspecified atom stereocenters. The monoisotopic (exact) mass is 156 g/mol. The summed E-state index contributed by atoms with van der Waals surface area (Å²) in [6.45, 7) is 4.26. The van der Waals surface area contributed by atoms with Gasteiger partial charge in [-0.2, -0.15) is 0 Å². The molecule has 0 atom stereocenters. The second-order valence-corrected chi connectivity index (χ2v) is 2.20. The lowest BCUT2D eigenvalue weighted by atomic mass is 10.5. The standard InChI is InChI=1S/C7H12N2O2/c1-3-11-7-4-6(2)9(5-10)8-7/h4,10H,3,5H2,1-2H3. The van der Waals surface area contributed by atoms with Gasteiger partial charge >= 0.3 is 0 Å². The molecule has 0 radical (unpaired) electrons. The Hall–Kier alpha value is -1.03. The van der Waals surface area contributed by atoms with Crippen molar-refractivity contribution in [2.24, 2.45) is 0 Å². The minimum absolute atomic E-state index is 0.0983. The van der Waals surface area contributed by atoms with E-state index in [1.54, 1.807) is 6.07 Å². The SMILES string of the molecule is CCOc1cc(C)n(CO)n1. The average Bonchev–Trinajstić information content (AvgIpc) is 2.32. The molecule has 62 valence electrons. The van der Waals surface area contributed by atoms with E-state index < -0.39 is 0 Å². The quantitative estimate of drug-likeness (QED) is 0.694. The fourth-order valence-electron chi connectivity index (χ4n) is 0.841. The zero-order chi connectivity index (χ0) is 8.27. The van der Waals surface area contributed by atoms with Crippen molar-refractivity contribution in [2.45, 2.75) is 20.6 Å². The summed E-state index contributed by atoms with van der Waals surface area (Å²) < 4.78 is 6.60. The van der Waals surface area contributed by atoms with Crippen LogP contribution in [0.15, 0.2) is 6.07 Å². The van der Waals surface area contributed by atoms with E-state index in [0.29, 0.717) is 12.5 Å². The number of rotatable bonds is 3. The van der Waals surface area contributed by atoms with Gasteiger partial charge in [-0.1, -0.05) is 0 Å². The van der Waals surface area contributed by atoms with Crippen LogP contribution >= 0.6 is 0 Å². The van der Waals surface area contributed by atoms with Gasteiger partial charge in [-0.05, 0) is 13.8 Å². The summed E-state index contributed by atoms with van der Waals surface area (Å²) in [5.74, 6) is 0.569. The first-order chi connectivity index (χ1) is 5.27. The molecule has 0 aliphatic heterocycles. The Morgan fingerprint density at radius 3 is 2.91 bits per heavy atom. The number of hydrogen-bond acceptors (Lipinski definition) is 3. The number of aryl methyl sites for hydroxylation is 1. The lowest BCUT2D eigenvalue weighted by Gasteiger charge is -1.96. The predicted molar refractivity (Wildman–Crippen MR) is 40.4 cm³/mol. The van der Waals surface area contributed by atoms with Crippen molar-refractivity contribution in [2.75, 3.05) is 6.61 Å². The molecule has 0 aliphatic rings. The zero-order valence-electron chi connectivity index (χ0n) is 6.74. The average molecular weight is 156 g/mol. The van der Waals surface area contributed by atoms with Crippen LogP contribution in [-0.4, -0.2) is 21.5 Å². The van der Waals surface area contributed by atoms with Crippen LogP contribution in [0.1, 0.15) is 12.6 Å². The van der Waals surface area contributed by atoms with E-state index in [4.69, 9.17) is 9.84 Å². The van der Waals surface area contributed by atoms with Crippen LogP contribution in [0.2, 0.25) is 0 Å². The van der Waals surface area contributed by atoms with Gasteiger partial charge in [-0.25, -0.2) is 4.68 Å². The van der Waals surface area contributed by atoms with Crippen molar-refractivity contribution in [1.82, 2.24) is 9.78 Å². The molecule has 1 N–H and O–H groups in total. The molecule has 0 aromatic carbocycles. The molecule has 0 fully saturated rings. The smallest absolute Gasteiger partial charge is 0.233 e. The van der Waals surface area contributed by atoms with E-state index in [2.05, 4.69) is 5.10 Å². The molecule has 1 heterocycles. The van der Waals surface area contributed by atoms with E-state index in [1.807, 2.05) is 13.8 Å². The van der Waals surface area contributed by atoms with Gasteiger partial charge in [-0.15, -0.1) is 5.10 Å². The van der Waals surface area contributed by atoms with E-state index in [9.17, 15) is 0 Å². The van der Waals surface area contributed by atoms with Gasteiger partial charge in [0, 0.05) is 11.8 Å². The Kier molecular flexibility index (Phi) is 2.48. The number of aliphatic hydroxyl groups excluding tert-OH is 1. The molecule has 0 amide bonds. The molecule has 1 rings (SSSR count). The summed E-state index contributed by atoms with van der Waals surface area (Å²) in [4.78, 5) is 0. The summed E-state index contributed by atoms with van der Waals surface area (Å²) in [6, 6.07) is 1.79. The van der Waals surface area contributed by atoms with Crippen LogP contribution < -0.4 is 4.74 Å². The molecule has 0 saturated carbocycles. The molecule has 4 nitrogen and oxygen atoms in total. The highest BCUT2D eigenvalue weighted by Gasteiger charge is 2.01. The van der Waals surface area contributed by atoms with E-state index in [-0.39, 0.29) is 6.73 Å². The number of aliphatic hydroxyl groups is 1. The summed E-state index contributed by atoms with van der Waals surface area (Å²) in [5.41, 5.74) is 0.899. The number of ether oxygens (including phenoxy) is 1. The van der Waals surface area contributed by atoms with Crippen molar-refractivity contribution in [3.8, 4) is 5.88 Å². The van der Waals surface area contributed by atoms with Gasteiger partial charge in [-0.3, -0.25) is 0 Å². The van der Waals surface area contributed by atoms with Crippen molar-refractivity contribution in [3.05, 3.63) is 11.8 Å². The highest BCUT2D eigenvalue weighted by molar-refractivity contribution is 5.13. The molecule has 11 heavy (non-hydrogen) atoms. The molecule has 0 aliphatic carbocycles. The molecule has 0 spiro atoms. The van der Waals surface area contributed by atoms with Gasteiger partial charge in [0.1, 0.15) is 6.73 Å². The predicted octanol–water partition coefficient (Wildman–Crippen LogP) is 0.540. The summed E-state index contributed by atoms with van der Waals surface area (Å²) in [7, 11) is 0. The first kappa shape index (κ1) is 8.07. The van der Waals surface area contributed by atoms with Gasteiger partial charge < -0.3 is 9.84 Å². The second-order valence-electron chi connectivity index (χ2n) is 2.20. The minimum Gasteiger partial charge on any atom is -0.477 e. The van der Waals surface area contributed by atoms with Crippen LogP contribution in [0.3, 0.4) is 0 Å². The van der Waals surface area contributed by atoms with E-state index in [1.165, 1.54) is 4.68 Å². The normalized spacial score (nSPS) is 10.1. The molecule has 1 aromatic heterocycles. The van der Waals surface area contributed by atoms with Crippen LogP contribution in [0, 0.1) is 6.92 Å². The maximum Gasteiger partial charge on any atom is 0.233 e. The van der Waals surface area contributed by atoms with Crippen molar-refractivity contribution < 1.29 is 9.84 Å². The van der Waals surface area contributed by atoms with Crippen LogP contribution in [0.25, 0.3) is 0 Å². The summed E-state index contributed by atoms with van der Waals surface area (Å²) in [6.07, 6.45) is 0. The topological polar surface area (TPSA) is 47.3 Å². The van der Waals surface area contributed by atoms with Crippen molar-refractivity contribution in [3.63, 3.8) is 0 Å². The number of hydrogen-bond donors (Lipinski definition) is 1. The van der Waals surface area contributed by atoms with Crippen molar-refractivity contribution >= 4 is 0 Å². The van der Waals surface area contributed by atoms with E-state index in [0.717, 1.165) is 5.69 Å². The second kappa shape index (κ2) is 3.39. The molecular weight excluding hydrogens is 144 g/mol. The molecule has 0 saturated heterocycles. The maximum absolute atomic E-state index is 8.74. The minimum atomic E-state index is -0.0983. The fourth-order valence-corrected chi connectivity index (χ4v) is 0.841. The van der Waals surface area contributed by atoms with Gasteiger partial charge in [0.05, 0.1) is 6.61 Å². The lowest BCUT2D eigenvalue weighted by molar-refractivity contribution is 0.188. The van der Waals surface area contributed by atoms with Gasteiger partial charge in [0.2, 0.25) is 5.88 Å². The Morgan fingerprint density at radius 1 is 1.73 bits per heavy atom. The first-order valence-corrected chi connectivity index (χ1v) is 3.56. The summed E-state index contributed by atoms with van der Waals surface area (Å²) >= 11 is 0. The Labute approximate surface area is 65.4 Å². The lowest BCUT2D eigenvalue weighted by Crippen LogP contribution is -2.01. The van der Waals surface area contributed by atoms with Gasteiger partial charge in [0.15, 0.2) is 0 Å². The fraction of sp³-hybridized carbons (Fsp3) is 0.571. The Bertz CT molecular complexity index is 232. The third kappa shape index (κ3) is 1.71. The Morgan fingerprint density at radius 2 is 2.45 bits per heavy atom. The van der Waals surface area contributed by atoms with Crippen LogP contribution in [-0.2, 0) is 6.73 Å². The van der Waals surface area contributed by atoms with Crippen molar-refractivity contribution in [1.29, 1.82) is 0 Å². The molecule has 4 heteroatoms. The molecule has 1 aromatic rings. The highest BCUT2D eigenvalue weighted by Crippen LogP contribution is 2.09. The largest absolute Gasteiger partial charge is 0.477 e. The third-order valence-electron chi connectivity index (χ3n) is 1.38. The third-order valence-corrected chi connectivity index (χ3v) is 1.38.